The average molecular weight is 441 g/mol. The Morgan fingerprint density at radius 1 is 0.871 bits per heavy atom. The summed E-state index contributed by atoms with van der Waals surface area (Å²) in [6, 6.07) is 21.0. The Hall–Kier alpha value is -1.72. The van der Waals surface area contributed by atoms with E-state index in [1.165, 1.54) is 10.4 Å². The lowest BCUT2D eigenvalue weighted by Crippen LogP contribution is -2.67. The number of hydrogen-bond donors (Lipinski definition) is 2. The molecule has 0 spiro atoms. The van der Waals surface area contributed by atoms with Crippen LogP contribution in [0.25, 0.3) is 0 Å². The van der Waals surface area contributed by atoms with Crippen LogP contribution in [0.3, 0.4) is 0 Å². The monoisotopic (exact) mass is 440 g/mol. The second-order valence-electron chi connectivity index (χ2n) is 9.89. The van der Waals surface area contributed by atoms with Gasteiger partial charge in [0.1, 0.15) is 0 Å². The molecule has 4 heteroatoms. The van der Waals surface area contributed by atoms with Gasteiger partial charge in [0, 0.05) is 24.4 Å². The molecule has 3 nitrogen and oxygen atoms in total. The highest BCUT2D eigenvalue weighted by Gasteiger charge is 2.50. The molecule has 5 atom stereocenters. The van der Waals surface area contributed by atoms with Gasteiger partial charge in [-0.1, -0.05) is 108 Å². The van der Waals surface area contributed by atoms with Crippen LogP contribution in [0.2, 0.25) is 5.04 Å². The van der Waals surface area contributed by atoms with Crippen molar-refractivity contribution in [2.45, 2.75) is 58.8 Å². The lowest BCUT2D eigenvalue weighted by Gasteiger charge is -2.44. The highest BCUT2D eigenvalue weighted by atomic mass is 28.4. The third-order valence-corrected chi connectivity index (χ3v) is 11.6. The molecule has 2 rings (SSSR count). The van der Waals surface area contributed by atoms with E-state index in [1.807, 2.05) is 32.9 Å². The van der Waals surface area contributed by atoms with Gasteiger partial charge in [-0.15, -0.1) is 6.58 Å². The van der Waals surface area contributed by atoms with Crippen LogP contribution in [-0.2, 0) is 4.43 Å². The third-order valence-electron chi connectivity index (χ3n) is 6.55. The minimum atomic E-state index is -2.64. The Kier molecular flexibility index (Phi) is 8.84. The molecule has 0 fully saturated rings. The average Bonchev–Trinajstić information content (AvgIpc) is 2.77. The van der Waals surface area contributed by atoms with Crippen LogP contribution in [-0.4, -0.2) is 37.3 Å². The number of rotatable bonds is 10. The van der Waals surface area contributed by atoms with Crippen molar-refractivity contribution in [3.8, 4) is 0 Å². The van der Waals surface area contributed by atoms with E-state index in [1.54, 1.807) is 6.08 Å². The van der Waals surface area contributed by atoms with Gasteiger partial charge in [-0.05, 0) is 15.4 Å². The quantitative estimate of drug-likeness (QED) is 0.426. The lowest BCUT2D eigenvalue weighted by atomic mass is 9.84. The van der Waals surface area contributed by atoms with Gasteiger partial charge >= 0.3 is 0 Å². The van der Waals surface area contributed by atoms with Crippen molar-refractivity contribution in [1.82, 2.24) is 0 Å². The Balaban J connectivity index is 2.38. The van der Waals surface area contributed by atoms with Crippen LogP contribution >= 0.6 is 0 Å². The Morgan fingerprint density at radius 2 is 1.32 bits per heavy atom. The van der Waals surface area contributed by atoms with E-state index >= 15 is 0 Å². The molecule has 0 saturated heterocycles. The zero-order valence-electron chi connectivity index (χ0n) is 20.0. The first kappa shape index (κ1) is 25.5. The molecular formula is C27H40O3Si. The van der Waals surface area contributed by atoms with E-state index < -0.39 is 20.5 Å². The molecular weight excluding hydrogens is 400 g/mol. The molecule has 2 aromatic rings. The van der Waals surface area contributed by atoms with E-state index in [4.69, 9.17) is 4.43 Å². The number of aliphatic hydroxyl groups excluding tert-OH is 2. The number of aliphatic hydroxyl groups is 2. The smallest absolute Gasteiger partial charge is 0.261 e. The highest BCUT2D eigenvalue weighted by Crippen LogP contribution is 2.37. The van der Waals surface area contributed by atoms with Crippen LogP contribution in [0.4, 0.5) is 0 Å². The normalized spacial score (nSPS) is 17.4. The maximum Gasteiger partial charge on any atom is 0.261 e. The van der Waals surface area contributed by atoms with Crippen LogP contribution in [0.15, 0.2) is 73.3 Å². The molecule has 0 radical (unpaired) electrons. The summed E-state index contributed by atoms with van der Waals surface area (Å²) in [6.45, 7) is 16.8. The molecule has 0 aliphatic rings. The molecule has 31 heavy (non-hydrogen) atoms. The molecule has 0 saturated carbocycles. The van der Waals surface area contributed by atoms with Gasteiger partial charge in [0.15, 0.2) is 0 Å². The van der Waals surface area contributed by atoms with Gasteiger partial charge in [0.05, 0.1) is 12.2 Å². The maximum atomic E-state index is 11.0. The van der Waals surface area contributed by atoms with Crippen molar-refractivity contribution in [3.05, 3.63) is 73.3 Å². The van der Waals surface area contributed by atoms with Gasteiger partial charge in [0.2, 0.25) is 0 Å². The summed E-state index contributed by atoms with van der Waals surface area (Å²) >= 11 is 0. The largest absolute Gasteiger partial charge is 0.407 e. The predicted octanol–water partition coefficient (Wildman–Crippen LogP) is 4.38. The Labute approximate surface area is 189 Å². The van der Waals surface area contributed by atoms with Gasteiger partial charge in [0.25, 0.3) is 8.32 Å². The molecule has 0 aliphatic heterocycles. The van der Waals surface area contributed by atoms with Gasteiger partial charge in [-0.25, -0.2) is 0 Å². The molecule has 170 valence electrons. The minimum Gasteiger partial charge on any atom is -0.407 e. The molecule has 2 N–H and O–H groups in total. The highest BCUT2D eigenvalue weighted by molar-refractivity contribution is 6.99. The zero-order chi connectivity index (χ0) is 23.2. The molecule has 0 amide bonds. The van der Waals surface area contributed by atoms with Crippen LogP contribution in [0, 0.1) is 17.8 Å². The van der Waals surface area contributed by atoms with Crippen molar-refractivity contribution in [2.24, 2.45) is 17.8 Å². The molecule has 0 heterocycles. The Bertz CT molecular complexity index is 761. The van der Waals surface area contributed by atoms with Crippen molar-refractivity contribution in [3.63, 3.8) is 0 Å². The first-order valence-corrected chi connectivity index (χ1v) is 13.2. The summed E-state index contributed by atoms with van der Waals surface area (Å²) < 4.78 is 6.94. The van der Waals surface area contributed by atoms with Crippen molar-refractivity contribution < 1.29 is 14.6 Å². The third kappa shape index (κ3) is 5.56. The molecule has 2 aromatic carbocycles. The summed E-state index contributed by atoms with van der Waals surface area (Å²) in [7, 11) is -2.64. The molecule has 0 aromatic heterocycles. The van der Waals surface area contributed by atoms with E-state index in [0.29, 0.717) is 6.61 Å². The molecule has 0 aliphatic carbocycles. The van der Waals surface area contributed by atoms with Crippen LogP contribution < -0.4 is 10.4 Å². The molecule has 0 bridgehead atoms. The van der Waals surface area contributed by atoms with Gasteiger partial charge < -0.3 is 14.6 Å². The fraction of sp³-hybridized carbons (Fsp3) is 0.481. The van der Waals surface area contributed by atoms with E-state index in [-0.39, 0.29) is 22.8 Å². The fourth-order valence-corrected chi connectivity index (χ4v) is 9.12. The SMILES string of the molecule is C=C[C@@H](C)[C@H](O)[C@@H](C)[C@H](O)[C@H](C)CO[Si](c1ccccc1)(c1ccccc1)C(C)(C)C. The minimum absolute atomic E-state index is 0.0746. The second-order valence-corrected chi connectivity index (χ2v) is 14.2. The van der Waals surface area contributed by atoms with Gasteiger partial charge in [-0.2, -0.15) is 0 Å². The van der Waals surface area contributed by atoms with Crippen molar-refractivity contribution in [2.75, 3.05) is 6.61 Å². The number of benzene rings is 2. The topological polar surface area (TPSA) is 49.7 Å². The number of hydrogen-bond acceptors (Lipinski definition) is 3. The summed E-state index contributed by atoms with van der Waals surface area (Å²) in [6.07, 6.45) is 0.427. The fourth-order valence-electron chi connectivity index (χ4n) is 4.46. The standard InChI is InChI=1S/C27H40O3Si/c1-8-20(2)25(28)22(4)26(29)21(3)19-30-31(27(5,6)7,23-15-11-9-12-16-23)24-17-13-10-14-18-24/h8-18,20-22,25-26,28-29H,1,19H2,2-7H3/t20-,21-,22-,25+,26-/m1/s1. The zero-order valence-corrected chi connectivity index (χ0v) is 21.0. The summed E-state index contributed by atoms with van der Waals surface area (Å²) in [4.78, 5) is 0. The predicted molar refractivity (Wildman–Crippen MR) is 133 cm³/mol. The van der Waals surface area contributed by atoms with Crippen molar-refractivity contribution >= 4 is 18.7 Å². The molecule has 0 unspecified atom stereocenters. The van der Waals surface area contributed by atoms with Crippen LogP contribution in [0.5, 0.6) is 0 Å². The summed E-state index contributed by atoms with van der Waals surface area (Å²) in [5.41, 5.74) is 0. The second kappa shape index (κ2) is 10.7. The summed E-state index contributed by atoms with van der Waals surface area (Å²) in [5.74, 6) is -0.469. The first-order chi connectivity index (χ1) is 14.6. The van der Waals surface area contributed by atoms with E-state index in [2.05, 4.69) is 75.9 Å². The maximum absolute atomic E-state index is 11.0. The van der Waals surface area contributed by atoms with Crippen molar-refractivity contribution in [1.29, 1.82) is 0 Å². The summed E-state index contributed by atoms with van der Waals surface area (Å²) in [5, 5.41) is 23.9. The van der Waals surface area contributed by atoms with E-state index in [9.17, 15) is 10.2 Å². The van der Waals surface area contributed by atoms with Gasteiger partial charge in [-0.3, -0.25) is 0 Å². The lowest BCUT2D eigenvalue weighted by molar-refractivity contribution is -0.0296. The van der Waals surface area contributed by atoms with E-state index in [0.717, 1.165) is 0 Å². The van der Waals surface area contributed by atoms with Crippen LogP contribution in [0.1, 0.15) is 41.5 Å². The Morgan fingerprint density at radius 3 is 1.71 bits per heavy atom. The first-order valence-electron chi connectivity index (χ1n) is 11.3.